The van der Waals surface area contributed by atoms with Gasteiger partial charge in [-0.2, -0.15) is 0 Å². The molecule has 0 spiro atoms. The van der Waals surface area contributed by atoms with Crippen molar-refractivity contribution in [2.24, 2.45) is 5.73 Å². The summed E-state index contributed by atoms with van der Waals surface area (Å²) in [6.07, 6.45) is 0.913. The van der Waals surface area contributed by atoms with E-state index in [1.165, 1.54) is 6.07 Å². The first-order chi connectivity index (χ1) is 13.0. The van der Waals surface area contributed by atoms with Gasteiger partial charge in [0.15, 0.2) is 11.2 Å². The van der Waals surface area contributed by atoms with Gasteiger partial charge in [-0.3, -0.25) is 9.59 Å². The molecule has 0 saturated heterocycles. The highest BCUT2D eigenvalue weighted by Gasteiger charge is 2.10. The Hall–Kier alpha value is -3.19. The number of rotatable bonds is 6. The van der Waals surface area contributed by atoms with Crippen LogP contribution in [0.1, 0.15) is 29.5 Å². The van der Waals surface area contributed by atoms with Crippen LogP contribution in [0.5, 0.6) is 5.75 Å². The first kappa shape index (κ1) is 18.6. The molecule has 0 unspecified atom stereocenters. The van der Waals surface area contributed by atoms with Crippen LogP contribution >= 0.6 is 12.2 Å². The topological polar surface area (TPSA) is 94.6 Å². The van der Waals surface area contributed by atoms with Crippen molar-refractivity contribution in [3.05, 3.63) is 70.1 Å². The van der Waals surface area contributed by atoms with Crippen LogP contribution in [-0.4, -0.2) is 17.5 Å². The minimum Gasteiger partial charge on any atom is -0.494 e. The number of fused-ring (bicyclic) bond motifs is 1. The number of thiocarbonyl (C=S) groups is 1. The average Bonchev–Trinajstić information content (AvgIpc) is 2.67. The van der Waals surface area contributed by atoms with E-state index in [0.717, 1.165) is 6.42 Å². The van der Waals surface area contributed by atoms with Crippen molar-refractivity contribution in [3.8, 4) is 5.75 Å². The van der Waals surface area contributed by atoms with Crippen molar-refractivity contribution < 1.29 is 13.9 Å². The first-order valence-corrected chi connectivity index (χ1v) is 8.80. The Kier molecular flexibility index (Phi) is 5.52. The highest BCUT2D eigenvalue weighted by atomic mass is 32.1. The molecule has 0 saturated carbocycles. The zero-order valence-electron chi connectivity index (χ0n) is 14.7. The van der Waals surface area contributed by atoms with Crippen LogP contribution in [0, 0.1) is 0 Å². The smallest absolute Gasteiger partial charge is 0.255 e. The molecular weight excluding hydrogens is 364 g/mol. The molecule has 3 rings (SSSR count). The molecule has 1 amide bonds. The number of nitrogens with two attached hydrogens (primary N) is 1. The quantitative estimate of drug-likeness (QED) is 0.634. The number of benzene rings is 2. The maximum Gasteiger partial charge on any atom is 0.255 e. The van der Waals surface area contributed by atoms with Crippen molar-refractivity contribution in [3.63, 3.8) is 0 Å². The van der Waals surface area contributed by atoms with E-state index in [4.69, 9.17) is 27.1 Å². The molecule has 0 fully saturated rings. The Balaban J connectivity index is 1.80. The van der Waals surface area contributed by atoms with Crippen LogP contribution < -0.4 is 21.2 Å². The maximum absolute atomic E-state index is 12.4. The molecule has 0 bridgehead atoms. The fraction of sp³-hybridized carbons (Fsp3) is 0.150. The molecule has 7 heteroatoms. The Morgan fingerprint density at radius 2 is 1.93 bits per heavy atom. The maximum atomic E-state index is 12.4. The van der Waals surface area contributed by atoms with Gasteiger partial charge in [-0.25, -0.2) is 0 Å². The van der Waals surface area contributed by atoms with E-state index in [2.05, 4.69) is 5.32 Å². The lowest BCUT2D eigenvalue weighted by atomic mass is 10.1. The largest absolute Gasteiger partial charge is 0.494 e. The van der Waals surface area contributed by atoms with Gasteiger partial charge in [-0.1, -0.05) is 19.1 Å². The first-order valence-electron chi connectivity index (χ1n) is 8.40. The number of hydrogen-bond donors (Lipinski definition) is 2. The molecule has 3 aromatic rings. The fourth-order valence-corrected chi connectivity index (χ4v) is 2.58. The van der Waals surface area contributed by atoms with E-state index in [-0.39, 0.29) is 22.1 Å². The molecule has 6 nitrogen and oxygen atoms in total. The lowest BCUT2D eigenvalue weighted by Gasteiger charge is -2.08. The minimum atomic E-state index is -0.291. The molecule has 0 atom stereocenters. The molecule has 1 heterocycles. The normalized spacial score (nSPS) is 10.6. The number of carbonyl (C=O) groups is 1. The van der Waals surface area contributed by atoms with Crippen LogP contribution in [-0.2, 0) is 0 Å². The molecule has 27 heavy (non-hydrogen) atoms. The van der Waals surface area contributed by atoms with Crippen molar-refractivity contribution in [2.75, 3.05) is 11.9 Å². The van der Waals surface area contributed by atoms with Gasteiger partial charge in [0.05, 0.1) is 12.0 Å². The predicted octanol–water partition coefficient (Wildman–Crippen LogP) is 3.47. The summed E-state index contributed by atoms with van der Waals surface area (Å²) in [6.45, 7) is 2.65. The SMILES string of the molecule is CCCOc1ccc(C(=O)Nc2ccc3oc(C(N)=S)cc(=O)c3c2)cc1. The highest BCUT2D eigenvalue weighted by Crippen LogP contribution is 2.19. The van der Waals surface area contributed by atoms with Gasteiger partial charge in [-0.15, -0.1) is 0 Å². The summed E-state index contributed by atoms with van der Waals surface area (Å²) in [5.74, 6) is 0.579. The Labute approximate surface area is 160 Å². The van der Waals surface area contributed by atoms with Crippen LogP contribution in [0.2, 0.25) is 0 Å². The lowest BCUT2D eigenvalue weighted by Crippen LogP contribution is -2.14. The number of amides is 1. The van der Waals surface area contributed by atoms with Gasteiger partial charge in [-0.05, 0) is 48.9 Å². The monoisotopic (exact) mass is 382 g/mol. The van der Waals surface area contributed by atoms with Crippen molar-refractivity contribution in [1.29, 1.82) is 0 Å². The number of ether oxygens (including phenoxy) is 1. The van der Waals surface area contributed by atoms with Crippen molar-refractivity contribution in [1.82, 2.24) is 0 Å². The summed E-state index contributed by atoms with van der Waals surface area (Å²) < 4.78 is 11.0. The molecule has 1 aromatic heterocycles. The number of anilines is 1. The lowest BCUT2D eigenvalue weighted by molar-refractivity contribution is 0.102. The van der Waals surface area contributed by atoms with Crippen LogP contribution in [0.25, 0.3) is 11.0 Å². The highest BCUT2D eigenvalue weighted by molar-refractivity contribution is 7.80. The zero-order valence-corrected chi connectivity index (χ0v) is 15.5. The third kappa shape index (κ3) is 4.32. The summed E-state index contributed by atoms with van der Waals surface area (Å²) in [5, 5.41) is 3.10. The van der Waals surface area contributed by atoms with Crippen LogP contribution in [0.4, 0.5) is 5.69 Å². The summed E-state index contributed by atoms with van der Waals surface area (Å²) in [4.78, 5) is 24.7. The Bertz CT molecular complexity index is 1060. The van der Waals surface area contributed by atoms with Gasteiger partial charge in [0.2, 0.25) is 0 Å². The summed E-state index contributed by atoms with van der Waals surface area (Å²) >= 11 is 4.83. The van der Waals surface area contributed by atoms with Crippen LogP contribution in [0.15, 0.2) is 57.7 Å². The third-order valence-corrected chi connectivity index (χ3v) is 4.02. The number of nitrogens with one attached hydrogen (secondary N) is 1. The van der Waals surface area contributed by atoms with Gasteiger partial charge < -0.3 is 20.2 Å². The van der Waals surface area contributed by atoms with E-state index < -0.39 is 0 Å². The number of hydrogen-bond acceptors (Lipinski definition) is 5. The second-order valence-electron chi connectivity index (χ2n) is 5.88. The van der Waals surface area contributed by atoms with Gasteiger partial charge in [0, 0.05) is 17.3 Å². The Morgan fingerprint density at radius 1 is 1.19 bits per heavy atom. The molecule has 138 valence electrons. The molecule has 0 radical (unpaired) electrons. The van der Waals surface area contributed by atoms with Gasteiger partial charge in [0.1, 0.15) is 16.3 Å². The molecular formula is C20H18N2O4S. The molecule has 0 aliphatic carbocycles. The summed E-state index contributed by atoms with van der Waals surface area (Å²) in [5.41, 5.74) is 6.53. The second-order valence-corrected chi connectivity index (χ2v) is 6.32. The minimum absolute atomic E-state index is 0.0118. The molecule has 2 aromatic carbocycles. The molecule has 0 aliphatic heterocycles. The van der Waals surface area contributed by atoms with Crippen LogP contribution in [0.3, 0.4) is 0 Å². The van der Waals surface area contributed by atoms with E-state index >= 15 is 0 Å². The van der Waals surface area contributed by atoms with E-state index in [1.54, 1.807) is 42.5 Å². The predicted molar refractivity (Wildman–Crippen MR) is 109 cm³/mol. The summed E-state index contributed by atoms with van der Waals surface area (Å²) in [7, 11) is 0. The number of carbonyl (C=O) groups excluding carboxylic acids is 1. The third-order valence-electron chi connectivity index (χ3n) is 3.82. The molecule has 0 aliphatic rings. The average molecular weight is 382 g/mol. The fourth-order valence-electron chi connectivity index (χ4n) is 2.48. The second kappa shape index (κ2) is 8.01. The van der Waals surface area contributed by atoms with E-state index in [9.17, 15) is 9.59 Å². The van der Waals surface area contributed by atoms with Crippen molar-refractivity contribution >= 4 is 39.8 Å². The molecule has 3 N–H and O–H groups in total. The van der Waals surface area contributed by atoms with Gasteiger partial charge in [0.25, 0.3) is 5.91 Å². The zero-order chi connectivity index (χ0) is 19.4. The standard InChI is InChI=1S/C20H18N2O4S/c1-2-9-25-14-6-3-12(4-7-14)20(24)22-13-5-8-17-15(10-13)16(23)11-18(26-17)19(21)27/h3-8,10-11H,2,9H2,1H3,(H2,21,27)(H,22,24). The summed E-state index contributed by atoms with van der Waals surface area (Å²) in [6, 6.07) is 12.9. The van der Waals surface area contributed by atoms with E-state index in [1.807, 2.05) is 6.92 Å². The Morgan fingerprint density at radius 3 is 2.59 bits per heavy atom. The van der Waals surface area contributed by atoms with E-state index in [0.29, 0.717) is 34.6 Å². The van der Waals surface area contributed by atoms with Crippen molar-refractivity contribution in [2.45, 2.75) is 13.3 Å². The van der Waals surface area contributed by atoms with Gasteiger partial charge >= 0.3 is 0 Å².